The monoisotopic (exact) mass is 298 g/mol. The van der Waals surface area contributed by atoms with Gasteiger partial charge < -0.3 is 5.11 Å². The van der Waals surface area contributed by atoms with Gasteiger partial charge in [-0.1, -0.05) is 19.1 Å². The Morgan fingerprint density at radius 1 is 1.25 bits per heavy atom. The number of nitrogens with zero attached hydrogens (tertiary/aromatic N) is 1. The smallest absolute Gasteiger partial charge is 0.301 e. The van der Waals surface area contributed by atoms with Crippen LogP contribution in [0.25, 0.3) is 0 Å². The zero-order valence-corrected chi connectivity index (χ0v) is 12.6. The second kappa shape index (κ2) is 6.56. The molecule has 0 aromatic heterocycles. The Bertz CT molecular complexity index is 520. The van der Waals surface area contributed by atoms with Crippen molar-refractivity contribution in [3.8, 4) is 0 Å². The maximum Gasteiger partial charge on any atom is 0.301 e. The molecule has 6 heteroatoms. The minimum absolute atomic E-state index is 0.0943. The van der Waals surface area contributed by atoms with Gasteiger partial charge in [-0.15, -0.1) is 0 Å². The summed E-state index contributed by atoms with van der Waals surface area (Å²) in [4.78, 5) is 0. The molecule has 0 amide bonds. The van der Waals surface area contributed by atoms with E-state index in [9.17, 15) is 8.42 Å². The highest BCUT2D eigenvalue weighted by molar-refractivity contribution is 7.90. The van der Waals surface area contributed by atoms with Gasteiger partial charge in [0.25, 0.3) is 0 Å². The van der Waals surface area contributed by atoms with E-state index >= 15 is 0 Å². The number of hydrogen-bond donors (Lipinski definition) is 2. The number of aliphatic hydroxyl groups is 1. The van der Waals surface area contributed by atoms with Gasteiger partial charge in [0.05, 0.1) is 0 Å². The molecule has 0 spiro atoms. The first-order valence-electron chi connectivity index (χ1n) is 6.99. The van der Waals surface area contributed by atoms with Gasteiger partial charge in [-0.25, -0.2) is 0 Å². The number of piperidine rings is 1. The minimum atomic E-state index is -3.45. The molecule has 1 aliphatic rings. The molecule has 0 unspecified atom stereocenters. The lowest BCUT2D eigenvalue weighted by Crippen LogP contribution is -2.41. The summed E-state index contributed by atoms with van der Waals surface area (Å²) in [6, 6.07) is 7.11. The van der Waals surface area contributed by atoms with Gasteiger partial charge in [0.1, 0.15) is 0 Å². The number of aliphatic hydroxyl groups excluding tert-OH is 1. The molecule has 2 N–H and O–H groups in total. The highest BCUT2D eigenvalue weighted by atomic mass is 32.2. The molecule has 20 heavy (non-hydrogen) atoms. The second-order valence-corrected chi connectivity index (χ2v) is 7.03. The van der Waals surface area contributed by atoms with E-state index in [0.29, 0.717) is 31.1 Å². The molecule has 0 bridgehead atoms. The lowest BCUT2D eigenvalue weighted by Gasteiger charge is -2.29. The molecular weight excluding hydrogens is 276 g/mol. The van der Waals surface area contributed by atoms with Crippen molar-refractivity contribution in [2.45, 2.75) is 26.2 Å². The Labute approximate surface area is 120 Å². The van der Waals surface area contributed by atoms with E-state index in [1.54, 1.807) is 12.1 Å². The summed E-state index contributed by atoms with van der Waals surface area (Å²) in [5, 5.41) is 8.85. The van der Waals surface area contributed by atoms with E-state index in [1.807, 2.05) is 12.1 Å². The minimum Gasteiger partial charge on any atom is -0.396 e. The Balaban J connectivity index is 2.00. The van der Waals surface area contributed by atoms with Gasteiger partial charge in [-0.2, -0.15) is 12.7 Å². The van der Waals surface area contributed by atoms with Crippen molar-refractivity contribution in [1.29, 1.82) is 0 Å². The third-order valence-corrected chi connectivity index (χ3v) is 5.22. The lowest BCUT2D eigenvalue weighted by atomic mass is 10.0. The van der Waals surface area contributed by atoms with Crippen LogP contribution in [0.2, 0.25) is 0 Å². The van der Waals surface area contributed by atoms with Crippen LogP contribution < -0.4 is 4.72 Å². The fourth-order valence-electron chi connectivity index (χ4n) is 2.31. The van der Waals surface area contributed by atoms with Crippen molar-refractivity contribution < 1.29 is 13.5 Å². The molecule has 1 aromatic rings. The summed E-state index contributed by atoms with van der Waals surface area (Å²) in [7, 11) is -3.45. The van der Waals surface area contributed by atoms with Crippen LogP contribution in [0.5, 0.6) is 0 Å². The first-order chi connectivity index (χ1) is 9.51. The molecule has 5 nitrogen and oxygen atoms in total. The van der Waals surface area contributed by atoms with E-state index in [-0.39, 0.29) is 6.61 Å². The Morgan fingerprint density at radius 3 is 2.40 bits per heavy atom. The predicted octanol–water partition coefficient (Wildman–Crippen LogP) is 1.61. The van der Waals surface area contributed by atoms with Gasteiger partial charge in [-0.05, 0) is 42.9 Å². The molecule has 0 atom stereocenters. The third kappa shape index (κ3) is 3.94. The van der Waals surface area contributed by atoms with Crippen molar-refractivity contribution in [2.24, 2.45) is 5.92 Å². The number of nitrogens with one attached hydrogen (secondary N) is 1. The van der Waals surface area contributed by atoms with Gasteiger partial charge in [-0.3, -0.25) is 4.72 Å². The van der Waals surface area contributed by atoms with Crippen molar-refractivity contribution in [3.05, 3.63) is 29.8 Å². The van der Waals surface area contributed by atoms with Crippen molar-refractivity contribution >= 4 is 15.9 Å². The molecule has 1 fully saturated rings. The number of hydrogen-bond acceptors (Lipinski definition) is 3. The predicted molar refractivity (Wildman–Crippen MR) is 79.7 cm³/mol. The van der Waals surface area contributed by atoms with Crippen LogP contribution in [-0.4, -0.2) is 37.5 Å². The fraction of sp³-hybridized carbons (Fsp3) is 0.571. The average molecular weight is 298 g/mol. The second-order valence-electron chi connectivity index (χ2n) is 5.36. The standard InChI is InChI=1S/C14H22N2O3S/c1-12-6-9-16(10-7-12)20(18,19)15-14-4-2-13(3-5-14)8-11-17/h2-5,12,15,17H,6-11H2,1H3. The molecule has 0 aliphatic carbocycles. The Morgan fingerprint density at radius 2 is 1.85 bits per heavy atom. The fourth-order valence-corrected chi connectivity index (χ4v) is 3.56. The maximum atomic E-state index is 12.2. The van der Waals surface area contributed by atoms with E-state index in [4.69, 9.17) is 5.11 Å². The Kier molecular flexibility index (Phi) is 5.01. The summed E-state index contributed by atoms with van der Waals surface area (Å²) in [5.74, 6) is 0.596. The van der Waals surface area contributed by atoms with Crippen molar-refractivity contribution in [3.63, 3.8) is 0 Å². The number of rotatable bonds is 5. The normalized spacial score (nSPS) is 18.1. The van der Waals surface area contributed by atoms with Gasteiger partial charge in [0.15, 0.2) is 0 Å². The van der Waals surface area contributed by atoms with Crippen LogP contribution in [0, 0.1) is 5.92 Å². The summed E-state index contributed by atoms with van der Waals surface area (Å²) in [6.07, 6.45) is 2.41. The lowest BCUT2D eigenvalue weighted by molar-refractivity contribution is 0.289. The zero-order chi connectivity index (χ0) is 14.6. The topological polar surface area (TPSA) is 69.6 Å². The first kappa shape index (κ1) is 15.3. The Hall–Kier alpha value is -1.11. The summed E-state index contributed by atoms with van der Waals surface area (Å²) in [6.45, 7) is 3.41. The number of benzene rings is 1. The highest BCUT2D eigenvalue weighted by Gasteiger charge is 2.26. The molecule has 1 aromatic carbocycles. The van der Waals surface area contributed by atoms with Gasteiger partial charge in [0.2, 0.25) is 0 Å². The first-order valence-corrected chi connectivity index (χ1v) is 8.43. The zero-order valence-electron chi connectivity index (χ0n) is 11.7. The summed E-state index contributed by atoms with van der Waals surface area (Å²) < 4.78 is 28.6. The molecule has 0 saturated carbocycles. The van der Waals surface area contributed by atoms with Crippen LogP contribution in [0.15, 0.2) is 24.3 Å². The molecule has 0 radical (unpaired) electrons. The number of anilines is 1. The van der Waals surface area contributed by atoms with Crippen LogP contribution in [0.1, 0.15) is 25.3 Å². The highest BCUT2D eigenvalue weighted by Crippen LogP contribution is 2.20. The average Bonchev–Trinajstić information content (AvgIpc) is 2.41. The molecule has 1 aliphatic heterocycles. The van der Waals surface area contributed by atoms with Crippen LogP contribution in [0.3, 0.4) is 0 Å². The van der Waals surface area contributed by atoms with Crippen molar-refractivity contribution in [2.75, 3.05) is 24.4 Å². The van der Waals surface area contributed by atoms with Gasteiger partial charge in [0, 0.05) is 25.4 Å². The maximum absolute atomic E-state index is 12.2. The molecule has 1 saturated heterocycles. The van der Waals surface area contributed by atoms with E-state index in [1.165, 1.54) is 4.31 Å². The third-order valence-electron chi connectivity index (χ3n) is 3.68. The van der Waals surface area contributed by atoms with Crippen LogP contribution in [-0.2, 0) is 16.6 Å². The van der Waals surface area contributed by atoms with E-state index < -0.39 is 10.2 Å². The van der Waals surface area contributed by atoms with Crippen LogP contribution in [0.4, 0.5) is 5.69 Å². The van der Waals surface area contributed by atoms with Crippen LogP contribution >= 0.6 is 0 Å². The van der Waals surface area contributed by atoms with E-state index in [0.717, 1.165) is 18.4 Å². The molecular formula is C14H22N2O3S. The largest absolute Gasteiger partial charge is 0.396 e. The summed E-state index contributed by atoms with van der Waals surface area (Å²) >= 11 is 0. The van der Waals surface area contributed by atoms with Gasteiger partial charge >= 0.3 is 10.2 Å². The molecule has 112 valence electrons. The molecule has 2 rings (SSSR count). The summed E-state index contributed by atoms with van der Waals surface area (Å²) in [5.41, 5.74) is 1.55. The van der Waals surface area contributed by atoms with E-state index in [2.05, 4.69) is 11.6 Å². The SMILES string of the molecule is CC1CCN(S(=O)(=O)Nc2ccc(CCO)cc2)CC1. The quantitative estimate of drug-likeness (QED) is 0.867. The molecule has 1 heterocycles. The van der Waals surface area contributed by atoms with Crippen molar-refractivity contribution in [1.82, 2.24) is 4.31 Å².